The van der Waals surface area contributed by atoms with Crippen LogP contribution in [0, 0.1) is 0 Å². The minimum absolute atomic E-state index is 0.137. The molecule has 0 bridgehead atoms. The first-order valence-corrected chi connectivity index (χ1v) is 9.85. The summed E-state index contributed by atoms with van der Waals surface area (Å²) in [5.41, 5.74) is 3.91. The lowest BCUT2D eigenvalue weighted by Crippen LogP contribution is -2.26. The van der Waals surface area contributed by atoms with Gasteiger partial charge in [0.1, 0.15) is 0 Å². The molecule has 0 atom stereocenters. The van der Waals surface area contributed by atoms with Gasteiger partial charge in [-0.05, 0) is 69.2 Å². The molecule has 1 heterocycles. The number of rotatable bonds is 8. The Morgan fingerprint density at radius 1 is 1.00 bits per heavy atom. The zero-order valence-electron chi connectivity index (χ0n) is 15.2. The molecule has 1 aliphatic heterocycles. The Balaban J connectivity index is 1.30. The zero-order chi connectivity index (χ0) is 17.3. The first-order valence-electron chi connectivity index (χ1n) is 9.85. The number of amides is 1. The molecule has 3 rings (SSSR count). The quantitative estimate of drug-likeness (QED) is 0.700. The van der Waals surface area contributed by atoms with Crippen LogP contribution in [0.15, 0.2) is 35.9 Å². The van der Waals surface area contributed by atoms with Gasteiger partial charge in [-0.25, -0.2) is 0 Å². The molecule has 0 unspecified atom stereocenters. The Hall–Kier alpha value is -1.97. The van der Waals surface area contributed by atoms with Gasteiger partial charge in [0.25, 0.3) is 0 Å². The van der Waals surface area contributed by atoms with Crippen molar-refractivity contribution in [2.45, 2.75) is 51.4 Å². The SMILES string of the molecule is O=C(CCNc1ccc(N2CCCC2)cc1)NCCC1=CCCCC1. The van der Waals surface area contributed by atoms with E-state index in [9.17, 15) is 4.79 Å². The number of benzene rings is 1. The molecule has 2 N–H and O–H groups in total. The van der Waals surface area contributed by atoms with Crippen LogP contribution in [0.25, 0.3) is 0 Å². The molecule has 2 aliphatic rings. The molecule has 4 nitrogen and oxygen atoms in total. The average molecular weight is 341 g/mol. The standard InChI is InChI=1S/C21H31N3O/c25-21(23-14-12-18-6-2-1-3-7-18)13-15-22-19-8-10-20(11-9-19)24-16-4-5-17-24/h6,8-11,22H,1-5,7,12-17H2,(H,23,25). The molecule has 1 aromatic carbocycles. The van der Waals surface area contributed by atoms with E-state index in [0.29, 0.717) is 13.0 Å². The lowest BCUT2D eigenvalue weighted by atomic mass is 9.97. The van der Waals surface area contributed by atoms with E-state index in [1.807, 2.05) is 0 Å². The third kappa shape index (κ3) is 5.80. The van der Waals surface area contributed by atoms with Crippen molar-refractivity contribution in [2.24, 2.45) is 0 Å². The second-order valence-electron chi connectivity index (χ2n) is 7.13. The van der Waals surface area contributed by atoms with E-state index in [4.69, 9.17) is 0 Å². The van der Waals surface area contributed by atoms with Gasteiger partial charge in [0, 0.05) is 44.0 Å². The van der Waals surface area contributed by atoms with E-state index in [2.05, 4.69) is 45.9 Å². The first kappa shape index (κ1) is 17.8. The topological polar surface area (TPSA) is 44.4 Å². The summed E-state index contributed by atoms with van der Waals surface area (Å²) in [6.07, 6.45) is 11.5. The van der Waals surface area contributed by atoms with Gasteiger partial charge in [0.05, 0.1) is 0 Å². The number of nitrogens with zero attached hydrogens (tertiary/aromatic N) is 1. The second kappa shape index (κ2) is 9.50. The van der Waals surface area contributed by atoms with Crippen molar-refractivity contribution >= 4 is 17.3 Å². The fourth-order valence-electron chi connectivity index (χ4n) is 3.67. The Bertz CT molecular complexity index is 573. The van der Waals surface area contributed by atoms with E-state index in [1.54, 1.807) is 0 Å². The van der Waals surface area contributed by atoms with Crippen molar-refractivity contribution in [3.05, 3.63) is 35.9 Å². The van der Waals surface area contributed by atoms with Gasteiger partial charge < -0.3 is 15.5 Å². The number of carbonyl (C=O) groups is 1. The summed E-state index contributed by atoms with van der Waals surface area (Å²) in [5, 5.41) is 6.38. The summed E-state index contributed by atoms with van der Waals surface area (Å²) in [6.45, 7) is 3.79. The molecule has 0 radical (unpaired) electrons. The highest BCUT2D eigenvalue weighted by atomic mass is 16.1. The molecule has 1 amide bonds. The zero-order valence-corrected chi connectivity index (χ0v) is 15.2. The van der Waals surface area contributed by atoms with E-state index < -0.39 is 0 Å². The van der Waals surface area contributed by atoms with Crippen molar-refractivity contribution in [1.29, 1.82) is 0 Å². The average Bonchev–Trinajstić information content (AvgIpc) is 3.18. The van der Waals surface area contributed by atoms with Gasteiger partial charge >= 0.3 is 0 Å². The molecular weight excluding hydrogens is 310 g/mol. The molecule has 136 valence electrons. The second-order valence-corrected chi connectivity index (χ2v) is 7.13. The third-order valence-corrected chi connectivity index (χ3v) is 5.17. The summed E-state index contributed by atoms with van der Waals surface area (Å²) in [6, 6.07) is 8.57. The predicted molar refractivity (Wildman–Crippen MR) is 105 cm³/mol. The molecule has 25 heavy (non-hydrogen) atoms. The van der Waals surface area contributed by atoms with Gasteiger partial charge in [0.15, 0.2) is 0 Å². The van der Waals surface area contributed by atoms with Gasteiger partial charge in [0.2, 0.25) is 5.91 Å². The van der Waals surface area contributed by atoms with Crippen molar-refractivity contribution in [3.8, 4) is 0 Å². The first-order chi connectivity index (χ1) is 12.3. The number of carbonyl (C=O) groups excluding carboxylic acids is 1. The fourth-order valence-corrected chi connectivity index (χ4v) is 3.67. The third-order valence-electron chi connectivity index (χ3n) is 5.17. The molecule has 0 aromatic heterocycles. The van der Waals surface area contributed by atoms with Crippen molar-refractivity contribution in [2.75, 3.05) is 36.4 Å². The van der Waals surface area contributed by atoms with Gasteiger partial charge in [-0.1, -0.05) is 11.6 Å². The maximum atomic E-state index is 11.9. The molecule has 1 saturated heterocycles. The summed E-state index contributed by atoms with van der Waals surface area (Å²) >= 11 is 0. The Labute approximate surface area is 151 Å². The molecule has 0 spiro atoms. The predicted octanol–water partition coefficient (Wildman–Crippen LogP) is 4.10. The molecule has 0 saturated carbocycles. The van der Waals surface area contributed by atoms with Crippen molar-refractivity contribution < 1.29 is 4.79 Å². The maximum absolute atomic E-state index is 11.9. The summed E-state index contributed by atoms with van der Waals surface area (Å²) < 4.78 is 0. The lowest BCUT2D eigenvalue weighted by molar-refractivity contribution is -0.120. The fraction of sp³-hybridized carbons (Fsp3) is 0.571. The van der Waals surface area contributed by atoms with Crippen LogP contribution in [0.4, 0.5) is 11.4 Å². The summed E-state index contributed by atoms with van der Waals surface area (Å²) in [7, 11) is 0. The van der Waals surface area contributed by atoms with Gasteiger partial charge in [-0.2, -0.15) is 0 Å². The number of allylic oxidation sites excluding steroid dienone is 1. The highest BCUT2D eigenvalue weighted by Gasteiger charge is 2.11. The summed E-state index contributed by atoms with van der Waals surface area (Å²) in [4.78, 5) is 14.4. The lowest BCUT2D eigenvalue weighted by Gasteiger charge is -2.18. The van der Waals surface area contributed by atoms with Gasteiger partial charge in [-0.3, -0.25) is 4.79 Å². The Kier molecular flexibility index (Phi) is 6.78. The van der Waals surface area contributed by atoms with Crippen LogP contribution in [0.3, 0.4) is 0 Å². The van der Waals surface area contributed by atoms with Crippen LogP contribution in [-0.2, 0) is 4.79 Å². The van der Waals surface area contributed by atoms with E-state index in [-0.39, 0.29) is 5.91 Å². The number of anilines is 2. The van der Waals surface area contributed by atoms with E-state index in [0.717, 1.165) is 18.7 Å². The van der Waals surface area contributed by atoms with Crippen molar-refractivity contribution in [3.63, 3.8) is 0 Å². The van der Waals surface area contributed by atoms with Crippen LogP contribution in [0.5, 0.6) is 0 Å². The largest absolute Gasteiger partial charge is 0.385 e. The van der Waals surface area contributed by atoms with Crippen LogP contribution in [-0.4, -0.2) is 32.1 Å². The number of nitrogens with one attached hydrogen (secondary N) is 2. The van der Waals surface area contributed by atoms with Crippen LogP contribution >= 0.6 is 0 Å². The highest BCUT2D eigenvalue weighted by molar-refractivity contribution is 5.76. The monoisotopic (exact) mass is 341 g/mol. The molecule has 4 heteroatoms. The number of hydrogen-bond donors (Lipinski definition) is 2. The molecule has 1 aliphatic carbocycles. The van der Waals surface area contributed by atoms with E-state index in [1.165, 1.54) is 62.9 Å². The minimum atomic E-state index is 0.137. The van der Waals surface area contributed by atoms with E-state index >= 15 is 0 Å². The molecule has 1 aromatic rings. The van der Waals surface area contributed by atoms with Crippen LogP contribution < -0.4 is 15.5 Å². The Morgan fingerprint density at radius 2 is 1.80 bits per heavy atom. The summed E-state index contributed by atoms with van der Waals surface area (Å²) in [5.74, 6) is 0.137. The maximum Gasteiger partial charge on any atom is 0.221 e. The number of hydrogen-bond acceptors (Lipinski definition) is 3. The molecule has 1 fully saturated rings. The highest BCUT2D eigenvalue weighted by Crippen LogP contribution is 2.22. The van der Waals surface area contributed by atoms with Crippen molar-refractivity contribution in [1.82, 2.24) is 5.32 Å². The smallest absolute Gasteiger partial charge is 0.221 e. The molecular formula is C21H31N3O. The van der Waals surface area contributed by atoms with Crippen LogP contribution in [0.1, 0.15) is 51.4 Å². The van der Waals surface area contributed by atoms with Gasteiger partial charge in [-0.15, -0.1) is 0 Å². The van der Waals surface area contributed by atoms with Crippen LogP contribution in [0.2, 0.25) is 0 Å². The normalized spacial score (nSPS) is 17.3. The Morgan fingerprint density at radius 3 is 2.52 bits per heavy atom. The minimum Gasteiger partial charge on any atom is -0.385 e.